The molecule has 4 amide bonds. The van der Waals surface area contributed by atoms with Gasteiger partial charge >= 0.3 is 6.09 Å². The second kappa shape index (κ2) is 11.8. The molecule has 4 N–H and O–H groups in total. The Balaban J connectivity index is 1.93. The summed E-state index contributed by atoms with van der Waals surface area (Å²) in [5.74, 6) is -1.92. The SMILES string of the molecule is Cc1ccccc1C(C(=O)Nc1ccc2ccccc2c1)N(C)C(=O)C(CC(N)=O)NC(=O)OC(C)(C)C. The van der Waals surface area contributed by atoms with Crippen molar-refractivity contribution in [3.63, 3.8) is 0 Å². The predicted molar refractivity (Wildman–Crippen MR) is 146 cm³/mol. The molecule has 0 heterocycles. The Kier molecular flexibility index (Phi) is 8.72. The Morgan fingerprint density at radius 3 is 2.21 bits per heavy atom. The predicted octanol–water partition coefficient (Wildman–Crippen LogP) is 4.06. The van der Waals surface area contributed by atoms with Crippen LogP contribution in [-0.4, -0.2) is 47.4 Å². The number of alkyl carbamates (subject to hydrolysis) is 1. The average molecular weight is 519 g/mol. The third-order valence-corrected chi connectivity index (χ3v) is 5.88. The summed E-state index contributed by atoms with van der Waals surface area (Å²) in [7, 11) is 1.45. The van der Waals surface area contributed by atoms with Gasteiger partial charge in [-0.2, -0.15) is 0 Å². The number of nitrogens with two attached hydrogens (primary N) is 1. The quantitative estimate of drug-likeness (QED) is 0.414. The van der Waals surface area contributed by atoms with Crippen molar-refractivity contribution in [2.75, 3.05) is 12.4 Å². The van der Waals surface area contributed by atoms with E-state index in [4.69, 9.17) is 10.5 Å². The van der Waals surface area contributed by atoms with Gasteiger partial charge in [0.05, 0.1) is 6.42 Å². The summed E-state index contributed by atoms with van der Waals surface area (Å²) in [5.41, 5.74) is 6.50. The molecule has 2 atom stereocenters. The van der Waals surface area contributed by atoms with Gasteiger partial charge < -0.3 is 26.0 Å². The highest BCUT2D eigenvalue weighted by molar-refractivity contribution is 6.01. The van der Waals surface area contributed by atoms with Crippen LogP contribution in [0.4, 0.5) is 10.5 Å². The van der Waals surface area contributed by atoms with Gasteiger partial charge in [-0.05, 0) is 61.7 Å². The summed E-state index contributed by atoms with van der Waals surface area (Å²) in [6, 6.07) is 18.1. The molecule has 0 saturated carbocycles. The summed E-state index contributed by atoms with van der Waals surface area (Å²) >= 11 is 0. The Morgan fingerprint density at radius 1 is 0.947 bits per heavy atom. The number of primary amides is 1. The van der Waals surface area contributed by atoms with E-state index in [1.807, 2.05) is 55.5 Å². The number of rotatable bonds is 8. The van der Waals surface area contributed by atoms with Crippen molar-refractivity contribution in [1.29, 1.82) is 0 Å². The first-order chi connectivity index (χ1) is 17.9. The van der Waals surface area contributed by atoms with Gasteiger partial charge in [0, 0.05) is 12.7 Å². The van der Waals surface area contributed by atoms with E-state index in [9.17, 15) is 19.2 Å². The van der Waals surface area contributed by atoms with Crippen LogP contribution in [0.3, 0.4) is 0 Å². The van der Waals surface area contributed by atoms with Crippen molar-refractivity contribution in [1.82, 2.24) is 10.2 Å². The number of nitrogens with zero attached hydrogens (tertiary/aromatic N) is 1. The Bertz CT molecular complexity index is 1350. The minimum atomic E-state index is -1.33. The number of hydrogen-bond donors (Lipinski definition) is 3. The molecule has 0 radical (unpaired) electrons. The molecule has 3 aromatic rings. The van der Waals surface area contributed by atoms with Gasteiger partial charge in [-0.25, -0.2) is 4.79 Å². The first-order valence-corrected chi connectivity index (χ1v) is 12.3. The van der Waals surface area contributed by atoms with Crippen molar-refractivity contribution in [3.05, 3.63) is 77.9 Å². The summed E-state index contributed by atoms with van der Waals surface area (Å²) in [6.07, 6.45) is -1.34. The van der Waals surface area contributed by atoms with Gasteiger partial charge in [0.2, 0.25) is 11.8 Å². The third-order valence-electron chi connectivity index (χ3n) is 5.88. The summed E-state index contributed by atoms with van der Waals surface area (Å²) in [5, 5.41) is 7.31. The van der Waals surface area contributed by atoms with Crippen LogP contribution in [0.25, 0.3) is 10.8 Å². The zero-order valence-electron chi connectivity index (χ0n) is 22.3. The van der Waals surface area contributed by atoms with Crippen LogP contribution in [0.2, 0.25) is 0 Å². The highest BCUT2D eigenvalue weighted by atomic mass is 16.6. The molecule has 38 heavy (non-hydrogen) atoms. The van der Waals surface area contributed by atoms with Crippen molar-refractivity contribution >= 4 is 40.3 Å². The van der Waals surface area contributed by atoms with Crippen LogP contribution in [0, 0.1) is 6.92 Å². The molecule has 3 aromatic carbocycles. The minimum Gasteiger partial charge on any atom is -0.444 e. The van der Waals surface area contributed by atoms with Gasteiger partial charge in [0.15, 0.2) is 0 Å². The molecule has 3 rings (SSSR count). The molecule has 2 unspecified atom stereocenters. The number of benzene rings is 3. The topological polar surface area (TPSA) is 131 Å². The maximum Gasteiger partial charge on any atom is 0.408 e. The molecule has 9 heteroatoms. The highest BCUT2D eigenvalue weighted by Crippen LogP contribution is 2.27. The van der Waals surface area contributed by atoms with Gasteiger partial charge in [-0.1, -0.05) is 54.6 Å². The first kappa shape index (κ1) is 28.2. The van der Waals surface area contributed by atoms with E-state index in [1.165, 1.54) is 11.9 Å². The lowest BCUT2D eigenvalue weighted by atomic mass is 9.98. The van der Waals surface area contributed by atoms with Crippen LogP contribution >= 0.6 is 0 Å². The smallest absolute Gasteiger partial charge is 0.408 e. The number of hydrogen-bond acceptors (Lipinski definition) is 5. The maximum absolute atomic E-state index is 13.7. The third kappa shape index (κ3) is 7.32. The fraction of sp³-hybridized carbons (Fsp3) is 0.310. The largest absolute Gasteiger partial charge is 0.444 e. The minimum absolute atomic E-state index is 0.458. The number of fused-ring (bicyclic) bond motifs is 1. The highest BCUT2D eigenvalue weighted by Gasteiger charge is 2.35. The van der Waals surface area contributed by atoms with E-state index in [0.29, 0.717) is 11.3 Å². The van der Waals surface area contributed by atoms with Gasteiger partial charge in [0.1, 0.15) is 17.7 Å². The van der Waals surface area contributed by atoms with Crippen LogP contribution in [-0.2, 0) is 19.1 Å². The number of ether oxygens (including phenoxy) is 1. The normalized spacial score (nSPS) is 12.8. The van der Waals surface area contributed by atoms with Gasteiger partial charge in [-0.3, -0.25) is 14.4 Å². The van der Waals surface area contributed by atoms with Crippen molar-refractivity contribution in [2.45, 2.75) is 51.8 Å². The molecule has 0 saturated heterocycles. The van der Waals surface area contributed by atoms with E-state index in [0.717, 1.165) is 16.3 Å². The van der Waals surface area contributed by atoms with Crippen LogP contribution in [0.1, 0.15) is 44.4 Å². The average Bonchev–Trinajstić information content (AvgIpc) is 2.83. The molecule has 0 bridgehead atoms. The lowest BCUT2D eigenvalue weighted by molar-refractivity contribution is -0.140. The van der Waals surface area contributed by atoms with E-state index in [-0.39, 0.29) is 0 Å². The molecular formula is C29H34N4O5. The molecule has 0 aromatic heterocycles. The molecular weight excluding hydrogens is 484 g/mol. The zero-order chi connectivity index (χ0) is 28.0. The fourth-order valence-electron chi connectivity index (χ4n) is 4.12. The monoisotopic (exact) mass is 518 g/mol. The standard InChI is InChI=1S/C29H34N4O5/c1-18-10-6-9-13-22(18)25(26(35)31-21-15-14-19-11-7-8-12-20(19)16-21)33(5)27(36)23(17-24(30)34)32-28(37)38-29(2,3)4/h6-16,23,25H,17H2,1-5H3,(H2,30,34)(H,31,35)(H,32,37). The zero-order valence-corrected chi connectivity index (χ0v) is 22.3. The summed E-state index contributed by atoms with van der Waals surface area (Å²) < 4.78 is 5.25. The molecule has 9 nitrogen and oxygen atoms in total. The van der Waals surface area contributed by atoms with Crippen LogP contribution in [0.5, 0.6) is 0 Å². The van der Waals surface area contributed by atoms with Crippen molar-refractivity contribution < 1.29 is 23.9 Å². The molecule has 0 spiro atoms. The second-order valence-corrected chi connectivity index (χ2v) is 10.1. The lowest BCUT2D eigenvalue weighted by Gasteiger charge is -2.32. The lowest BCUT2D eigenvalue weighted by Crippen LogP contribution is -2.52. The number of amides is 4. The van der Waals surface area contributed by atoms with Crippen molar-refractivity contribution in [3.8, 4) is 0 Å². The number of anilines is 1. The van der Waals surface area contributed by atoms with Crippen molar-refractivity contribution in [2.24, 2.45) is 5.73 Å². The molecule has 0 fully saturated rings. The van der Waals surface area contributed by atoms with E-state index >= 15 is 0 Å². The van der Waals surface area contributed by atoms with E-state index in [2.05, 4.69) is 10.6 Å². The Hall–Kier alpha value is -4.40. The maximum atomic E-state index is 13.7. The number of likely N-dealkylation sites (N-methyl/N-ethyl adjacent to an activating group) is 1. The van der Waals surface area contributed by atoms with Gasteiger partial charge in [0.25, 0.3) is 5.91 Å². The van der Waals surface area contributed by atoms with E-state index < -0.39 is 47.9 Å². The molecule has 0 aliphatic carbocycles. The number of nitrogens with one attached hydrogen (secondary N) is 2. The Morgan fingerprint density at radius 2 is 1.58 bits per heavy atom. The van der Waals surface area contributed by atoms with E-state index in [1.54, 1.807) is 39.0 Å². The Labute approximate surface area is 222 Å². The number of carbonyl (C=O) groups is 4. The van der Waals surface area contributed by atoms with Crippen LogP contribution < -0.4 is 16.4 Å². The number of carbonyl (C=O) groups excluding carboxylic acids is 4. The second-order valence-electron chi connectivity index (χ2n) is 10.1. The molecule has 200 valence electrons. The van der Waals surface area contributed by atoms with Crippen LogP contribution in [0.15, 0.2) is 66.7 Å². The summed E-state index contributed by atoms with van der Waals surface area (Å²) in [6.45, 7) is 6.86. The molecule has 0 aliphatic rings. The molecule has 0 aliphatic heterocycles. The van der Waals surface area contributed by atoms with Gasteiger partial charge in [-0.15, -0.1) is 0 Å². The first-order valence-electron chi connectivity index (χ1n) is 12.3. The fourth-order valence-corrected chi connectivity index (χ4v) is 4.12. The summed E-state index contributed by atoms with van der Waals surface area (Å²) in [4.78, 5) is 52.7. The number of aryl methyl sites for hydroxylation is 1.